The van der Waals surface area contributed by atoms with Gasteiger partial charge in [-0.25, -0.2) is 28.1 Å². The molecule has 0 spiro atoms. The van der Waals surface area contributed by atoms with Crippen LogP contribution < -0.4 is 11.4 Å². The van der Waals surface area contributed by atoms with E-state index in [0.717, 1.165) is 10.1 Å². The summed E-state index contributed by atoms with van der Waals surface area (Å²) in [5, 5.41) is -0.244. The van der Waals surface area contributed by atoms with Crippen molar-refractivity contribution in [3.05, 3.63) is 53.3 Å². The largest absolute Gasteiger partial charge is 0.382 e. The number of nitrogens with zero attached hydrogens (tertiary/aromatic N) is 5. The van der Waals surface area contributed by atoms with Crippen LogP contribution in [0.5, 0.6) is 0 Å². The lowest BCUT2D eigenvalue weighted by Crippen LogP contribution is -2.38. The van der Waals surface area contributed by atoms with Gasteiger partial charge in [0.05, 0.1) is 6.54 Å². The van der Waals surface area contributed by atoms with E-state index in [1.165, 1.54) is 16.5 Å². The number of anilines is 1. The zero-order chi connectivity index (χ0) is 22.1. The number of amides is 1. The molecule has 1 atom stereocenters. The summed E-state index contributed by atoms with van der Waals surface area (Å²) < 4.78 is 23.1. The van der Waals surface area contributed by atoms with Crippen LogP contribution in [0.25, 0.3) is 11.2 Å². The summed E-state index contributed by atoms with van der Waals surface area (Å²) in [6.45, 7) is 5.71. The normalized spacial score (nSPS) is 13.3. The lowest BCUT2D eigenvalue weighted by molar-refractivity contribution is 0.214. The van der Waals surface area contributed by atoms with Crippen molar-refractivity contribution in [2.24, 2.45) is 0 Å². The first-order valence-electron chi connectivity index (χ1n) is 9.35. The van der Waals surface area contributed by atoms with E-state index in [-0.39, 0.29) is 41.0 Å². The van der Waals surface area contributed by atoms with Crippen LogP contribution in [0, 0.1) is 11.7 Å². The molecule has 11 heteroatoms. The molecule has 30 heavy (non-hydrogen) atoms. The van der Waals surface area contributed by atoms with Crippen LogP contribution in [0.2, 0.25) is 0 Å². The summed E-state index contributed by atoms with van der Waals surface area (Å²) in [6, 6.07) is 8.53. The van der Waals surface area contributed by atoms with Gasteiger partial charge in [0.25, 0.3) is 0 Å². The number of hydrogen-bond acceptors (Lipinski definition) is 7. The maximum atomic E-state index is 13.2. The number of benzene rings is 1. The quantitative estimate of drug-likeness (QED) is 0.571. The Balaban J connectivity index is 2.34. The van der Waals surface area contributed by atoms with E-state index in [1.807, 2.05) is 30.3 Å². The van der Waals surface area contributed by atoms with Crippen molar-refractivity contribution >= 4 is 32.7 Å². The molecule has 2 heterocycles. The van der Waals surface area contributed by atoms with Gasteiger partial charge in [0, 0.05) is 19.3 Å². The van der Waals surface area contributed by atoms with E-state index in [4.69, 9.17) is 10.5 Å². The van der Waals surface area contributed by atoms with Crippen LogP contribution >= 0.6 is 0 Å². The molecule has 0 aliphatic heterocycles. The molecule has 0 fully saturated rings. The third-order valence-corrected chi connectivity index (χ3v) is 6.35. The second-order valence-corrected chi connectivity index (χ2v) is 8.96. The fourth-order valence-corrected chi connectivity index (χ4v) is 4.26. The molecule has 3 rings (SSSR count). The van der Waals surface area contributed by atoms with Gasteiger partial charge in [0.15, 0.2) is 11.5 Å². The van der Waals surface area contributed by atoms with Gasteiger partial charge >= 0.3 is 11.7 Å². The average molecular weight is 431 g/mol. The first-order valence-corrected chi connectivity index (χ1v) is 11.1. The monoisotopic (exact) mass is 430 g/mol. The summed E-state index contributed by atoms with van der Waals surface area (Å²) in [5.41, 5.74) is 6.33. The zero-order valence-corrected chi connectivity index (χ0v) is 17.7. The number of hydrogen-bond donors (Lipinski definition) is 2. The van der Waals surface area contributed by atoms with Crippen molar-refractivity contribution in [1.82, 2.24) is 24.0 Å². The van der Waals surface area contributed by atoms with E-state index in [1.54, 1.807) is 6.92 Å². The van der Waals surface area contributed by atoms with Crippen LogP contribution in [0.4, 0.5) is 10.6 Å². The predicted octanol–water partition coefficient (Wildman–Crippen LogP) is 1.77. The molecule has 0 saturated carbocycles. The number of aromatic nitrogens is 4. The van der Waals surface area contributed by atoms with Crippen molar-refractivity contribution in [3.8, 4) is 0 Å². The Morgan fingerprint density at radius 3 is 2.57 bits per heavy atom. The molecule has 2 aromatic heterocycles. The van der Waals surface area contributed by atoms with Crippen LogP contribution in [0.3, 0.4) is 0 Å². The van der Waals surface area contributed by atoms with Crippen LogP contribution in [0.1, 0.15) is 18.9 Å². The lowest BCUT2D eigenvalue weighted by atomic mass is 10.2. The van der Waals surface area contributed by atoms with Gasteiger partial charge in [-0.3, -0.25) is 4.57 Å². The molecule has 3 aromatic rings. The zero-order valence-electron chi connectivity index (χ0n) is 16.9. The fourth-order valence-electron chi connectivity index (χ4n) is 3.03. The van der Waals surface area contributed by atoms with E-state index in [0.29, 0.717) is 6.42 Å². The predicted molar refractivity (Wildman–Crippen MR) is 115 cm³/mol. The van der Waals surface area contributed by atoms with Gasteiger partial charge in [-0.2, -0.15) is 4.98 Å². The second kappa shape index (κ2) is 8.27. The average Bonchev–Trinajstić information content (AvgIpc) is 3.00. The van der Waals surface area contributed by atoms with Crippen molar-refractivity contribution < 1.29 is 9.00 Å². The minimum Gasteiger partial charge on any atom is -0.382 e. The SMILES string of the molecule is [CH2]CN(C)C(=O)n1c(=O)n(Cc2ccccc2)c2nc(S(=N)(=O)CCC)nc(N)c21. The summed E-state index contributed by atoms with van der Waals surface area (Å²) in [6.07, 6.45) is 0.494. The Kier molecular flexibility index (Phi) is 5.92. The van der Waals surface area contributed by atoms with Gasteiger partial charge in [0.1, 0.15) is 15.2 Å². The highest BCUT2D eigenvalue weighted by Crippen LogP contribution is 2.21. The third kappa shape index (κ3) is 3.80. The second-order valence-electron chi connectivity index (χ2n) is 6.84. The molecule has 159 valence electrons. The first-order chi connectivity index (χ1) is 14.2. The Morgan fingerprint density at radius 2 is 1.97 bits per heavy atom. The molecule has 0 aliphatic carbocycles. The molecule has 0 aliphatic rings. The topological polar surface area (TPSA) is 140 Å². The van der Waals surface area contributed by atoms with Crippen LogP contribution in [-0.4, -0.2) is 53.6 Å². The van der Waals surface area contributed by atoms with Crippen molar-refractivity contribution in [2.45, 2.75) is 25.0 Å². The van der Waals surface area contributed by atoms with E-state index in [9.17, 15) is 13.8 Å². The molecular weight excluding hydrogens is 406 g/mol. The maximum absolute atomic E-state index is 13.2. The molecule has 10 nitrogen and oxygen atoms in total. The number of nitrogen functional groups attached to an aromatic ring is 1. The number of imidazole rings is 1. The van der Waals surface area contributed by atoms with Gasteiger partial charge < -0.3 is 10.6 Å². The first kappa shape index (κ1) is 21.5. The highest BCUT2D eigenvalue weighted by atomic mass is 32.2. The highest BCUT2D eigenvalue weighted by molar-refractivity contribution is 7.92. The number of nitrogens with two attached hydrogens (primary N) is 1. The highest BCUT2D eigenvalue weighted by Gasteiger charge is 2.27. The van der Waals surface area contributed by atoms with Gasteiger partial charge in [-0.1, -0.05) is 37.3 Å². The minimum absolute atomic E-state index is 0.0247. The maximum Gasteiger partial charge on any atom is 0.339 e. The Morgan fingerprint density at radius 1 is 1.30 bits per heavy atom. The van der Waals surface area contributed by atoms with Gasteiger partial charge in [0.2, 0.25) is 5.16 Å². The Labute approximate surface area is 174 Å². The van der Waals surface area contributed by atoms with E-state index >= 15 is 0 Å². The van der Waals surface area contributed by atoms with Gasteiger partial charge in [-0.05, 0) is 18.9 Å². The van der Waals surface area contributed by atoms with E-state index in [2.05, 4.69) is 16.9 Å². The van der Waals surface area contributed by atoms with Crippen molar-refractivity contribution in [3.63, 3.8) is 0 Å². The number of fused-ring (bicyclic) bond motifs is 1. The minimum atomic E-state index is -3.29. The summed E-state index contributed by atoms with van der Waals surface area (Å²) in [4.78, 5) is 35.6. The molecule has 1 radical (unpaired) electrons. The summed E-state index contributed by atoms with van der Waals surface area (Å²) in [5.74, 6) is -0.120. The smallest absolute Gasteiger partial charge is 0.339 e. The number of carbonyl (C=O) groups is 1. The summed E-state index contributed by atoms with van der Waals surface area (Å²) in [7, 11) is -1.79. The molecule has 1 aromatic carbocycles. The molecule has 0 saturated heterocycles. The summed E-state index contributed by atoms with van der Waals surface area (Å²) >= 11 is 0. The third-order valence-electron chi connectivity index (χ3n) is 4.60. The van der Waals surface area contributed by atoms with Gasteiger partial charge in [-0.15, -0.1) is 0 Å². The molecular formula is C19H24N7O3S. The van der Waals surface area contributed by atoms with Crippen LogP contribution in [0.15, 0.2) is 40.3 Å². The number of rotatable bonds is 6. The Hall–Kier alpha value is -3.21. The fraction of sp³-hybridized carbons (Fsp3) is 0.316. The number of nitrogens with one attached hydrogen (secondary N) is 1. The molecule has 1 unspecified atom stereocenters. The molecule has 0 bridgehead atoms. The Bertz CT molecular complexity index is 1250. The number of carbonyl (C=O) groups excluding carboxylic acids is 1. The lowest BCUT2D eigenvalue weighted by Gasteiger charge is -2.14. The molecule has 1 amide bonds. The van der Waals surface area contributed by atoms with Crippen LogP contribution in [-0.2, 0) is 16.3 Å². The van der Waals surface area contributed by atoms with Crippen molar-refractivity contribution in [2.75, 3.05) is 25.1 Å². The van der Waals surface area contributed by atoms with Crippen molar-refractivity contribution in [1.29, 1.82) is 4.78 Å². The van der Waals surface area contributed by atoms with E-state index < -0.39 is 21.4 Å². The standard InChI is InChI=1S/C19H24N7O3S/c1-4-11-30(21,29)17-22-15(20)14-16(23-17)25(12-13-9-7-6-8-10-13)19(28)26(14)18(27)24(3)5-2/h6-10,21H,2,4-5,11-12H2,1,3H3,(H2,20,22,23). The molecule has 3 N–H and O–H groups in total.